The summed E-state index contributed by atoms with van der Waals surface area (Å²) in [4.78, 5) is 25.2. The van der Waals surface area contributed by atoms with Gasteiger partial charge in [-0.05, 0) is 36.4 Å². The van der Waals surface area contributed by atoms with E-state index in [1.807, 2.05) is 0 Å². The van der Waals surface area contributed by atoms with E-state index in [1.165, 1.54) is 45.6 Å². The molecule has 8 nitrogen and oxygen atoms in total. The number of hydrogen-bond acceptors (Lipinski definition) is 6. The summed E-state index contributed by atoms with van der Waals surface area (Å²) in [5.41, 5.74) is 0.0122. The Morgan fingerprint density at radius 1 is 0.966 bits per heavy atom. The fraction of sp³-hybridized carbons (Fsp3) is 0.150. The molecule has 0 fully saturated rings. The fourth-order valence-electron chi connectivity index (χ4n) is 2.60. The molecule has 0 unspecified atom stereocenters. The lowest BCUT2D eigenvalue weighted by molar-refractivity contribution is 0.101. The Kier molecular flexibility index (Phi) is 5.77. The van der Waals surface area contributed by atoms with Crippen LogP contribution in [-0.4, -0.2) is 37.0 Å². The fourth-order valence-corrected chi connectivity index (χ4v) is 2.60. The van der Waals surface area contributed by atoms with Crippen molar-refractivity contribution >= 4 is 11.6 Å². The Balaban J connectivity index is 2.01. The van der Waals surface area contributed by atoms with Gasteiger partial charge in [0, 0.05) is 6.07 Å². The number of ether oxygens (including phenoxy) is 3. The lowest BCUT2D eigenvalue weighted by Gasteiger charge is -2.13. The number of hydrogen-bond donors (Lipinski definition) is 1. The van der Waals surface area contributed by atoms with Gasteiger partial charge in [0.25, 0.3) is 11.5 Å². The first-order chi connectivity index (χ1) is 14.0. The van der Waals surface area contributed by atoms with Crippen LogP contribution in [0.5, 0.6) is 17.2 Å². The minimum Gasteiger partial charge on any atom is -0.497 e. The van der Waals surface area contributed by atoms with Gasteiger partial charge in [-0.2, -0.15) is 9.78 Å². The molecule has 0 saturated carbocycles. The Labute approximate surface area is 165 Å². The second kappa shape index (κ2) is 8.42. The molecular formula is C20H18FN3O5. The third kappa shape index (κ3) is 4.18. The van der Waals surface area contributed by atoms with Crippen molar-refractivity contribution in [2.45, 2.75) is 0 Å². The quantitative estimate of drug-likeness (QED) is 0.685. The van der Waals surface area contributed by atoms with Crippen LogP contribution in [-0.2, 0) is 0 Å². The first kappa shape index (κ1) is 19.9. The number of anilines is 1. The van der Waals surface area contributed by atoms with Gasteiger partial charge in [-0.15, -0.1) is 0 Å². The summed E-state index contributed by atoms with van der Waals surface area (Å²) in [6.07, 6.45) is 0. The zero-order valence-corrected chi connectivity index (χ0v) is 15.9. The molecule has 1 amide bonds. The molecule has 0 aliphatic heterocycles. The van der Waals surface area contributed by atoms with Crippen molar-refractivity contribution in [1.82, 2.24) is 9.78 Å². The van der Waals surface area contributed by atoms with E-state index in [1.54, 1.807) is 18.2 Å². The average Bonchev–Trinajstić information content (AvgIpc) is 2.74. The van der Waals surface area contributed by atoms with Crippen LogP contribution in [0, 0.1) is 5.82 Å². The van der Waals surface area contributed by atoms with Crippen LogP contribution in [0.1, 0.15) is 10.5 Å². The average molecular weight is 399 g/mol. The summed E-state index contributed by atoms with van der Waals surface area (Å²) in [5.74, 6) is -0.150. The molecule has 29 heavy (non-hydrogen) atoms. The number of halogens is 1. The van der Waals surface area contributed by atoms with Crippen LogP contribution >= 0.6 is 0 Å². The number of methoxy groups -OCH3 is 3. The molecule has 1 aromatic heterocycles. The van der Waals surface area contributed by atoms with Gasteiger partial charge in [0.1, 0.15) is 17.3 Å². The molecule has 9 heteroatoms. The van der Waals surface area contributed by atoms with Gasteiger partial charge in [-0.3, -0.25) is 9.59 Å². The SMILES string of the molecule is COc1ccc(NC(=O)c2nn(-c3ccc(F)cc3)c(=O)cc2OC)c(OC)c1. The van der Waals surface area contributed by atoms with Crippen molar-refractivity contribution in [2.75, 3.05) is 26.6 Å². The number of aromatic nitrogens is 2. The number of nitrogens with one attached hydrogen (secondary N) is 1. The molecule has 0 aliphatic rings. The minimum absolute atomic E-state index is 0.00154. The number of benzene rings is 2. The summed E-state index contributed by atoms with van der Waals surface area (Å²) < 4.78 is 29.7. The third-order valence-electron chi connectivity index (χ3n) is 4.06. The summed E-state index contributed by atoms with van der Waals surface area (Å²) in [5, 5.41) is 6.78. The van der Waals surface area contributed by atoms with Gasteiger partial charge in [-0.1, -0.05) is 0 Å². The Hall–Kier alpha value is -3.88. The summed E-state index contributed by atoms with van der Waals surface area (Å²) >= 11 is 0. The number of amides is 1. The van der Waals surface area contributed by atoms with Crippen LogP contribution in [0.15, 0.2) is 53.3 Å². The maximum absolute atomic E-state index is 13.2. The predicted octanol–water partition coefficient (Wildman–Crippen LogP) is 2.65. The Morgan fingerprint density at radius 2 is 1.66 bits per heavy atom. The van der Waals surface area contributed by atoms with Crippen LogP contribution in [0.3, 0.4) is 0 Å². The number of carbonyl (C=O) groups is 1. The molecule has 3 rings (SSSR count). The summed E-state index contributed by atoms with van der Waals surface area (Å²) in [6.45, 7) is 0. The normalized spacial score (nSPS) is 10.3. The Bertz CT molecular complexity index is 1100. The predicted molar refractivity (Wildman–Crippen MR) is 104 cm³/mol. The van der Waals surface area contributed by atoms with Crippen LogP contribution in [0.2, 0.25) is 0 Å². The van der Waals surface area contributed by atoms with E-state index >= 15 is 0 Å². The van der Waals surface area contributed by atoms with E-state index < -0.39 is 17.3 Å². The lowest BCUT2D eigenvalue weighted by Crippen LogP contribution is -2.26. The van der Waals surface area contributed by atoms with Gasteiger partial charge in [0.05, 0.1) is 38.8 Å². The molecule has 1 heterocycles. The van der Waals surface area contributed by atoms with Gasteiger partial charge in [-0.25, -0.2) is 4.39 Å². The molecule has 0 spiro atoms. The monoisotopic (exact) mass is 399 g/mol. The molecule has 0 aliphatic carbocycles. The maximum Gasteiger partial charge on any atom is 0.280 e. The molecule has 0 bridgehead atoms. The highest BCUT2D eigenvalue weighted by Gasteiger charge is 2.20. The molecule has 2 aromatic carbocycles. The van der Waals surface area contributed by atoms with Gasteiger partial charge in [0.2, 0.25) is 0 Å². The topological polar surface area (TPSA) is 91.7 Å². The molecule has 0 radical (unpaired) electrons. The van der Waals surface area contributed by atoms with Crippen molar-refractivity contribution in [3.05, 3.63) is 70.4 Å². The highest BCUT2D eigenvalue weighted by molar-refractivity contribution is 6.05. The van der Waals surface area contributed by atoms with Gasteiger partial charge < -0.3 is 19.5 Å². The van der Waals surface area contributed by atoms with Crippen molar-refractivity contribution in [2.24, 2.45) is 0 Å². The van der Waals surface area contributed by atoms with E-state index in [0.717, 1.165) is 10.7 Å². The number of rotatable bonds is 6. The van der Waals surface area contributed by atoms with Crippen molar-refractivity contribution in [1.29, 1.82) is 0 Å². The first-order valence-electron chi connectivity index (χ1n) is 8.44. The van der Waals surface area contributed by atoms with Crippen LogP contribution < -0.4 is 25.1 Å². The van der Waals surface area contributed by atoms with E-state index in [9.17, 15) is 14.0 Å². The second-order valence-corrected chi connectivity index (χ2v) is 5.81. The van der Waals surface area contributed by atoms with E-state index in [2.05, 4.69) is 10.4 Å². The second-order valence-electron chi connectivity index (χ2n) is 5.81. The molecular weight excluding hydrogens is 381 g/mol. The highest BCUT2D eigenvalue weighted by Crippen LogP contribution is 2.29. The summed E-state index contributed by atoms with van der Waals surface area (Å²) in [6, 6.07) is 11.1. The van der Waals surface area contributed by atoms with Crippen LogP contribution in [0.4, 0.5) is 10.1 Å². The minimum atomic E-state index is -0.624. The van der Waals surface area contributed by atoms with E-state index in [0.29, 0.717) is 22.9 Å². The zero-order chi connectivity index (χ0) is 21.0. The van der Waals surface area contributed by atoms with Crippen molar-refractivity contribution in [3.8, 4) is 22.9 Å². The molecule has 0 saturated heterocycles. The van der Waals surface area contributed by atoms with E-state index in [4.69, 9.17) is 14.2 Å². The largest absolute Gasteiger partial charge is 0.497 e. The Morgan fingerprint density at radius 3 is 2.28 bits per heavy atom. The van der Waals surface area contributed by atoms with Crippen molar-refractivity contribution < 1.29 is 23.4 Å². The van der Waals surface area contributed by atoms with Gasteiger partial charge in [0.15, 0.2) is 11.4 Å². The lowest BCUT2D eigenvalue weighted by atomic mass is 10.2. The molecule has 3 aromatic rings. The number of nitrogens with zero attached hydrogens (tertiary/aromatic N) is 2. The standard InChI is InChI=1S/C20H18FN3O5/c1-27-14-8-9-15(16(10-14)28-2)22-20(26)19-17(29-3)11-18(25)24(23-19)13-6-4-12(21)5-7-13/h4-11H,1-3H3,(H,22,26). The van der Waals surface area contributed by atoms with Crippen LogP contribution in [0.25, 0.3) is 5.69 Å². The zero-order valence-electron chi connectivity index (χ0n) is 15.9. The highest BCUT2D eigenvalue weighted by atomic mass is 19.1. The third-order valence-corrected chi connectivity index (χ3v) is 4.06. The van der Waals surface area contributed by atoms with Crippen molar-refractivity contribution in [3.63, 3.8) is 0 Å². The maximum atomic E-state index is 13.2. The summed E-state index contributed by atoms with van der Waals surface area (Å²) in [7, 11) is 4.29. The smallest absolute Gasteiger partial charge is 0.280 e. The molecule has 150 valence electrons. The molecule has 1 N–H and O–H groups in total. The van der Waals surface area contributed by atoms with Gasteiger partial charge >= 0.3 is 0 Å². The first-order valence-corrected chi connectivity index (χ1v) is 8.44. The van der Waals surface area contributed by atoms with E-state index in [-0.39, 0.29) is 11.4 Å². The molecule has 0 atom stereocenters. The number of carbonyl (C=O) groups excluding carboxylic acids is 1.